The van der Waals surface area contributed by atoms with Crippen LogP contribution < -0.4 is 0 Å². The second-order valence-corrected chi connectivity index (χ2v) is 7.67. The highest BCUT2D eigenvalue weighted by Gasteiger charge is 2.37. The van der Waals surface area contributed by atoms with Crippen LogP contribution in [0.4, 0.5) is 0 Å². The number of allylic oxidation sites excluding steroid dienone is 2. The van der Waals surface area contributed by atoms with Crippen molar-refractivity contribution in [1.82, 2.24) is 9.80 Å². The van der Waals surface area contributed by atoms with Gasteiger partial charge in [-0.2, -0.15) is 0 Å². The van der Waals surface area contributed by atoms with E-state index in [9.17, 15) is 0 Å². The highest BCUT2D eigenvalue weighted by molar-refractivity contribution is 5.10. The largest absolute Gasteiger partial charge is 0.303 e. The fourth-order valence-electron chi connectivity index (χ4n) is 5.19. The van der Waals surface area contributed by atoms with E-state index < -0.39 is 0 Å². The predicted molar refractivity (Wildman–Crippen MR) is 83.7 cm³/mol. The van der Waals surface area contributed by atoms with E-state index in [0.717, 1.165) is 23.8 Å². The molecule has 2 aliphatic heterocycles. The zero-order valence-corrected chi connectivity index (χ0v) is 12.8. The molecule has 4 rings (SSSR count). The van der Waals surface area contributed by atoms with Crippen molar-refractivity contribution in [3.8, 4) is 0 Å². The molecule has 2 saturated heterocycles. The Labute approximate surface area is 124 Å². The fraction of sp³-hybridized carbons (Fsp3) is 0.889. The van der Waals surface area contributed by atoms with Crippen LogP contribution in [-0.2, 0) is 0 Å². The molecule has 3 fully saturated rings. The zero-order chi connectivity index (χ0) is 13.4. The first-order valence-corrected chi connectivity index (χ1v) is 9.03. The van der Waals surface area contributed by atoms with Gasteiger partial charge in [-0.1, -0.05) is 18.6 Å². The van der Waals surface area contributed by atoms with E-state index in [-0.39, 0.29) is 0 Å². The van der Waals surface area contributed by atoms with Crippen LogP contribution in [0.1, 0.15) is 44.9 Å². The van der Waals surface area contributed by atoms with Gasteiger partial charge in [-0.3, -0.25) is 0 Å². The lowest BCUT2D eigenvalue weighted by molar-refractivity contribution is 0.0830. The maximum absolute atomic E-state index is 2.79. The van der Waals surface area contributed by atoms with Gasteiger partial charge in [-0.25, -0.2) is 0 Å². The van der Waals surface area contributed by atoms with E-state index in [1.54, 1.807) is 0 Å². The molecular weight excluding hydrogens is 244 g/mol. The van der Waals surface area contributed by atoms with Gasteiger partial charge < -0.3 is 9.80 Å². The van der Waals surface area contributed by atoms with Crippen LogP contribution in [0.3, 0.4) is 0 Å². The van der Waals surface area contributed by atoms with Crippen LogP contribution in [0.2, 0.25) is 0 Å². The van der Waals surface area contributed by atoms with Crippen molar-refractivity contribution >= 4 is 0 Å². The molecule has 4 aliphatic rings. The lowest BCUT2D eigenvalue weighted by Crippen LogP contribution is -2.47. The summed E-state index contributed by atoms with van der Waals surface area (Å²) in [4.78, 5) is 5.57. The molecule has 0 aromatic rings. The van der Waals surface area contributed by atoms with E-state index in [0.29, 0.717) is 0 Å². The van der Waals surface area contributed by atoms with Gasteiger partial charge >= 0.3 is 0 Å². The average Bonchev–Trinajstić information content (AvgIpc) is 3.12. The van der Waals surface area contributed by atoms with E-state index in [1.165, 1.54) is 77.7 Å². The lowest BCUT2D eigenvalue weighted by atomic mass is 9.92. The first-order chi connectivity index (χ1) is 9.88. The first-order valence-electron chi connectivity index (χ1n) is 9.03. The van der Waals surface area contributed by atoms with Crippen LogP contribution in [-0.4, -0.2) is 48.6 Å². The smallest absolute Gasteiger partial charge is 0.0120 e. The van der Waals surface area contributed by atoms with Crippen LogP contribution in [0.5, 0.6) is 0 Å². The monoisotopic (exact) mass is 274 g/mol. The summed E-state index contributed by atoms with van der Waals surface area (Å²) in [5.41, 5.74) is 0. The van der Waals surface area contributed by atoms with Crippen LogP contribution in [0, 0.1) is 17.8 Å². The number of hydrogen-bond donors (Lipinski definition) is 0. The van der Waals surface area contributed by atoms with Crippen molar-refractivity contribution in [2.45, 2.75) is 51.0 Å². The van der Waals surface area contributed by atoms with Gasteiger partial charge in [0, 0.05) is 12.6 Å². The minimum Gasteiger partial charge on any atom is -0.303 e. The van der Waals surface area contributed by atoms with Crippen molar-refractivity contribution in [2.75, 3.05) is 32.7 Å². The van der Waals surface area contributed by atoms with Gasteiger partial charge in [0.1, 0.15) is 0 Å². The lowest BCUT2D eigenvalue weighted by Gasteiger charge is -2.41. The molecule has 0 N–H and O–H groups in total. The number of piperidine rings is 2. The van der Waals surface area contributed by atoms with E-state index in [4.69, 9.17) is 0 Å². The number of likely N-dealkylation sites (tertiary alicyclic amines) is 2. The molecule has 2 aliphatic carbocycles. The Bertz CT molecular complexity index is 350. The summed E-state index contributed by atoms with van der Waals surface area (Å²) in [5.74, 6) is 2.85. The number of fused-ring (bicyclic) bond motifs is 2. The van der Waals surface area contributed by atoms with Crippen molar-refractivity contribution in [3.63, 3.8) is 0 Å². The van der Waals surface area contributed by atoms with Crippen LogP contribution in [0.15, 0.2) is 12.2 Å². The summed E-state index contributed by atoms with van der Waals surface area (Å²) in [7, 11) is 0. The summed E-state index contributed by atoms with van der Waals surface area (Å²) in [5, 5.41) is 0. The number of hydrogen-bond acceptors (Lipinski definition) is 2. The van der Waals surface area contributed by atoms with Crippen LogP contribution >= 0.6 is 0 Å². The molecule has 0 aromatic carbocycles. The third-order valence-corrected chi connectivity index (χ3v) is 6.37. The maximum Gasteiger partial charge on any atom is 0.0120 e. The Morgan fingerprint density at radius 2 is 1.65 bits per heavy atom. The Morgan fingerprint density at radius 1 is 0.850 bits per heavy atom. The molecule has 2 nitrogen and oxygen atoms in total. The molecule has 0 radical (unpaired) electrons. The minimum atomic E-state index is 0.909. The summed E-state index contributed by atoms with van der Waals surface area (Å²) >= 11 is 0. The Hall–Kier alpha value is -0.340. The number of nitrogens with zero attached hydrogens (tertiary/aromatic N) is 2. The highest BCUT2D eigenvalue weighted by Crippen LogP contribution is 2.43. The molecule has 3 atom stereocenters. The molecule has 1 saturated carbocycles. The van der Waals surface area contributed by atoms with E-state index in [2.05, 4.69) is 22.0 Å². The molecule has 2 bridgehead atoms. The normalized spacial score (nSPS) is 39.7. The zero-order valence-electron chi connectivity index (χ0n) is 12.8. The molecular formula is C18H30N2. The Morgan fingerprint density at radius 3 is 2.30 bits per heavy atom. The van der Waals surface area contributed by atoms with Gasteiger partial charge in [0.25, 0.3) is 0 Å². The SMILES string of the molecule is C1=CC2CC1CC2CN1CCC(N2CCCCC2)CC1. The molecule has 3 unspecified atom stereocenters. The first kappa shape index (κ1) is 13.3. The van der Waals surface area contributed by atoms with Gasteiger partial charge in [0.15, 0.2) is 0 Å². The Kier molecular flexibility index (Phi) is 3.87. The van der Waals surface area contributed by atoms with Gasteiger partial charge in [-0.15, -0.1) is 0 Å². The van der Waals surface area contributed by atoms with E-state index in [1.807, 2.05) is 0 Å². The highest BCUT2D eigenvalue weighted by atomic mass is 15.2. The standard InChI is InChI=1S/C18H30N2/c1-2-8-20(9-3-1)18-6-10-19(11-7-18)14-17-13-15-4-5-16(17)12-15/h4-5,15-18H,1-3,6-14H2. The number of rotatable bonds is 3. The van der Waals surface area contributed by atoms with Gasteiger partial charge in [-0.05, 0) is 82.5 Å². The molecule has 2 heterocycles. The van der Waals surface area contributed by atoms with Crippen molar-refractivity contribution in [1.29, 1.82) is 0 Å². The molecule has 0 spiro atoms. The summed E-state index contributed by atoms with van der Waals surface area (Å²) in [6, 6.07) is 0.909. The second kappa shape index (κ2) is 5.81. The molecule has 20 heavy (non-hydrogen) atoms. The van der Waals surface area contributed by atoms with E-state index >= 15 is 0 Å². The summed E-state index contributed by atoms with van der Waals surface area (Å²) in [6.07, 6.45) is 15.1. The maximum atomic E-state index is 2.79. The molecule has 0 amide bonds. The van der Waals surface area contributed by atoms with Crippen LogP contribution in [0.25, 0.3) is 0 Å². The molecule has 112 valence electrons. The summed E-state index contributed by atoms with van der Waals surface area (Å²) in [6.45, 7) is 6.86. The second-order valence-electron chi connectivity index (χ2n) is 7.67. The third kappa shape index (κ3) is 2.69. The summed E-state index contributed by atoms with van der Waals surface area (Å²) < 4.78 is 0. The Balaban J connectivity index is 1.24. The van der Waals surface area contributed by atoms with Crippen molar-refractivity contribution in [2.24, 2.45) is 17.8 Å². The molecule has 2 heteroatoms. The van der Waals surface area contributed by atoms with Crippen molar-refractivity contribution in [3.05, 3.63) is 12.2 Å². The minimum absolute atomic E-state index is 0.909. The quantitative estimate of drug-likeness (QED) is 0.730. The van der Waals surface area contributed by atoms with Gasteiger partial charge in [0.2, 0.25) is 0 Å². The fourth-order valence-corrected chi connectivity index (χ4v) is 5.19. The third-order valence-electron chi connectivity index (χ3n) is 6.37. The predicted octanol–water partition coefficient (Wildman–Crippen LogP) is 3.15. The average molecular weight is 274 g/mol. The van der Waals surface area contributed by atoms with Crippen molar-refractivity contribution < 1.29 is 0 Å². The topological polar surface area (TPSA) is 6.48 Å². The molecule has 0 aromatic heterocycles. The van der Waals surface area contributed by atoms with Gasteiger partial charge in [0.05, 0.1) is 0 Å².